The van der Waals surface area contributed by atoms with Gasteiger partial charge < -0.3 is 40.4 Å². The zero-order valence-electron chi connectivity index (χ0n) is 24.1. The highest BCUT2D eigenvalue weighted by molar-refractivity contribution is 6.61. The van der Waals surface area contributed by atoms with E-state index in [1.54, 1.807) is 45.2 Å². The van der Waals surface area contributed by atoms with E-state index in [1.807, 2.05) is 32.6 Å². The zero-order chi connectivity index (χ0) is 29.5. The van der Waals surface area contributed by atoms with Gasteiger partial charge in [-0.2, -0.15) is 0 Å². The van der Waals surface area contributed by atoms with Crippen molar-refractivity contribution < 1.29 is 28.7 Å². The van der Waals surface area contributed by atoms with Crippen molar-refractivity contribution in [1.29, 1.82) is 0 Å². The molecule has 0 aromatic carbocycles. The molecule has 2 aliphatic heterocycles. The van der Waals surface area contributed by atoms with Gasteiger partial charge in [0, 0.05) is 19.3 Å². The molecule has 2 aromatic rings. The summed E-state index contributed by atoms with van der Waals surface area (Å²) in [5, 5.41) is 16.2. The van der Waals surface area contributed by atoms with Crippen LogP contribution in [-0.4, -0.2) is 76.2 Å². The number of hydrogen-bond donors (Lipinski definition) is 4. The summed E-state index contributed by atoms with van der Waals surface area (Å²) in [5.41, 5.74) is 6.12. The van der Waals surface area contributed by atoms with Crippen LogP contribution < -0.4 is 26.9 Å². The lowest BCUT2D eigenvalue weighted by Crippen LogP contribution is -2.56. The smallest absolute Gasteiger partial charge is 0.444 e. The third kappa shape index (κ3) is 6.48. The van der Waals surface area contributed by atoms with Gasteiger partial charge in [-0.1, -0.05) is 0 Å². The quantitative estimate of drug-likeness (QED) is 0.403. The normalized spacial score (nSPS) is 22.1. The lowest BCUT2D eigenvalue weighted by molar-refractivity contribution is 0.00578. The molecule has 2 atom stereocenters. The molecule has 0 spiro atoms. The summed E-state index contributed by atoms with van der Waals surface area (Å²) in [6.07, 6.45) is 2.19. The van der Waals surface area contributed by atoms with E-state index in [0.29, 0.717) is 36.5 Å². The Morgan fingerprint density at radius 1 is 1.18 bits per heavy atom. The first-order chi connectivity index (χ1) is 18.6. The maximum absolute atomic E-state index is 13.4. The van der Waals surface area contributed by atoms with Gasteiger partial charge in [0.25, 0.3) is 5.91 Å². The van der Waals surface area contributed by atoms with E-state index in [0.717, 1.165) is 0 Å². The van der Waals surface area contributed by atoms with Gasteiger partial charge in [-0.3, -0.25) is 9.78 Å². The number of nitrogens with one attached hydrogen (secondary N) is 2. The Bertz CT molecular complexity index is 1250. The van der Waals surface area contributed by atoms with Crippen LogP contribution in [0.4, 0.5) is 21.9 Å². The molecule has 0 saturated carbocycles. The van der Waals surface area contributed by atoms with Gasteiger partial charge in [0.05, 0.1) is 52.2 Å². The predicted molar refractivity (Wildman–Crippen MR) is 153 cm³/mol. The molecule has 4 heterocycles. The second-order valence-corrected chi connectivity index (χ2v) is 12.2. The van der Waals surface area contributed by atoms with Gasteiger partial charge in [-0.25, -0.2) is 9.78 Å². The molecule has 4 rings (SSSR count). The van der Waals surface area contributed by atoms with Crippen molar-refractivity contribution in [1.82, 2.24) is 15.3 Å². The number of amides is 2. The molecule has 13 heteroatoms. The number of pyridine rings is 2. The molecule has 216 valence electrons. The van der Waals surface area contributed by atoms with E-state index < -0.39 is 48.1 Å². The largest absolute Gasteiger partial charge is 0.514 e. The Morgan fingerprint density at radius 3 is 2.50 bits per heavy atom. The minimum absolute atomic E-state index is 0.0283. The molecule has 5 N–H and O–H groups in total. The first-order valence-corrected chi connectivity index (χ1v) is 13.4. The average Bonchev–Trinajstić information content (AvgIpc) is 3.06. The molecule has 2 aliphatic rings. The zero-order valence-corrected chi connectivity index (χ0v) is 24.1. The van der Waals surface area contributed by atoms with Crippen molar-refractivity contribution in [3.63, 3.8) is 0 Å². The number of nitrogens with two attached hydrogens (primary N) is 1. The minimum atomic E-state index is -0.750. The van der Waals surface area contributed by atoms with E-state index in [-0.39, 0.29) is 11.4 Å². The molecule has 0 unspecified atom stereocenters. The van der Waals surface area contributed by atoms with Crippen molar-refractivity contribution >= 4 is 41.8 Å². The van der Waals surface area contributed by atoms with Gasteiger partial charge in [0.2, 0.25) is 0 Å². The third-order valence-corrected chi connectivity index (χ3v) is 7.32. The molecule has 2 saturated heterocycles. The average molecular weight is 554 g/mol. The van der Waals surface area contributed by atoms with E-state index >= 15 is 0 Å². The van der Waals surface area contributed by atoms with Crippen LogP contribution in [0.1, 0.15) is 65.4 Å². The monoisotopic (exact) mass is 554 g/mol. The second kappa shape index (κ2) is 10.9. The summed E-state index contributed by atoms with van der Waals surface area (Å²) in [4.78, 5) is 36.4. The van der Waals surface area contributed by atoms with Crippen LogP contribution in [0.2, 0.25) is 0 Å². The number of aliphatic hydroxyl groups is 1. The summed E-state index contributed by atoms with van der Waals surface area (Å²) >= 11 is 0. The Labute approximate surface area is 235 Å². The van der Waals surface area contributed by atoms with Gasteiger partial charge >= 0.3 is 13.2 Å². The van der Waals surface area contributed by atoms with E-state index in [2.05, 4.69) is 20.6 Å². The van der Waals surface area contributed by atoms with Crippen molar-refractivity contribution in [2.75, 3.05) is 29.0 Å². The van der Waals surface area contributed by atoms with E-state index in [1.165, 1.54) is 6.20 Å². The Kier molecular flexibility index (Phi) is 8.03. The number of hydrogen-bond acceptors (Lipinski definition) is 10. The van der Waals surface area contributed by atoms with E-state index in [4.69, 9.17) is 19.8 Å². The number of rotatable bonds is 5. The molecule has 2 amide bonds. The highest BCUT2D eigenvalue weighted by Gasteiger charge is 2.52. The van der Waals surface area contributed by atoms with Crippen molar-refractivity contribution in [3.05, 3.63) is 36.3 Å². The number of carbonyl (C=O) groups excluding carboxylic acids is 2. The van der Waals surface area contributed by atoms with Crippen LogP contribution >= 0.6 is 0 Å². The first kappa shape index (κ1) is 29.6. The standard InChI is InChI=1S/C27H39BN6O6/c1-25(2,3)38-24(37)32-18-15-34(13-11-20(18)35)19-10-12-30-14-17(19)31-23(36)22-16(29)8-9-21(33-22)28-39-26(4,5)27(6,7)40-28/h8-10,12,14,18,20,35H,11,13,15,29H2,1-7H3,(H,31,36)(H,32,37)/t18-,20-/m1/s1. The van der Waals surface area contributed by atoms with E-state index in [9.17, 15) is 14.7 Å². The third-order valence-electron chi connectivity index (χ3n) is 7.32. The number of alkyl carbamates (subject to hydrolysis) is 1. The van der Waals surface area contributed by atoms with Crippen LogP contribution in [0, 0.1) is 0 Å². The van der Waals surface area contributed by atoms with Crippen LogP contribution in [0.3, 0.4) is 0 Å². The number of carbonyl (C=O) groups is 2. The van der Waals surface area contributed by atoms with Gasteiger partial charge in [0.1, 0.15) is 5.60 Å². The molecule has 12 nitrogen and oxygen atoms in total. The van der Waals surface area contributed by atoms with Gasteiger partial charge in [0.15, 0.2) is 5.69 Å². The topological polar surface area (TPSA) is 161 Å². The molecule has 0 bridgehead atoms. The number of nitrogen functional groups attached to an aromatic ring is 1. The molecule has 0 radical (unpaired) electrons. The Balaban J connectivity index is 1.51. The summed E-state index contributed by atoms with van der Waals surface area (Å²) < 4.78 is 17.5. The fourth-order valence-corrected chi connectivity index (χ4v) is 4.46. The first-order valence-electron chi connectivity index (χ1n) is 13.4. The number of nitrogens with zero attached hydrogens (tertiary/aromatic N) is 3. The molecule has 40 heavy (non-hydrogen) atoms. The van der Waals surface area contributed by atoms with Gasteiger partial charge in [-0.05, 0) is 73.1 Å². The number of aromatic nitrogens is 2. The molecule has 2 fully saturated rings. The summed E-state index contributed by atoms with van der Waals surface area (Å²) in [6.45, 7) is 13.9. The summed E-state index contributed by atoms with van der Waals surface area (Å²) in [6, 6.07) is 4.47. The van der Waals surface area contributed by atoms with Gasteiger partial charge in [-0.15, -0.1) is 0 Å². The van der Waals surface area contributed by atoms with Crippen LogP contribution in [-0.2, 0) is 14.0 Å². The summed E-state index contributed by atoms with van der Waals surface area (Å²) in [7, 11) is -0.750. The fourth-order valence-electron chi connectivity index (χ4n) is 4.46. The molecule has 0 aliphatic carbocycles. The maximum atomic E-state index is 13.4. The van der Waals surface area contributed by atoms with Crippen molar-refractivity contribution in [2.45, 2.75) is 83.8 Å². The van der Waals surface area contributed by atoms with Crippen LogP contribution in [0.15, 0.2) is 30.6 Å². The van der Waals surface area contributed by atoms with Crippen molar-refractivity contribution in [3.8, 4) is 0 Å². The Hall–Kier alpha value is -3.42. The number of piperidine rings is 1. The number of anilines is 3. The fraction of sp³-hybridized carbons (Fsp3) is 0.556. The SMILES string of the molecule is CC(C)(C)OC(=O)N[C@@H]1CN(c2ccncc2NC(=O)c2nc(B3OC(C)(C)C(C)(C)O3)ccc2N)CC[C@H]1O. The molecular weight excluding hydrogens is 515 g/mol. The van der Waals surface area contributed by atoms with Crippen LogP contribution in [0.5, 0.6) is 0 Å². The highest BCUT2D eigenvalue weighted by atomic mass is 16.7. The minimum Gasteiger partial charge on any atom is -0.444 e. The lowest BCUT2D eigenvalue weighted by atomic mass is 9.84. The summed E-state index contributed by atoms with van der Waals surface area (Å²) in [5.74, 6) is -0.523. The molecular formula is C27H39BN6O6. The van der Waals surface area contributed by atoms with Crippen molar-refractivity contribution in [2.24, 2.45) is 0 Å². The predicted octanol–water partition coefficient (Wildman–Crippen LogP) is 2.07. The van der Waals surface area contributed by atoms with Crippen LogP contribution in [0.25, 0.3) is 0 Å². The number of aliphatic hydroxyl groups excluding tert-OH is 1. The highest BCUT2D eigenvalue weighted by Crippen LogP contribution is 2.36. The lowest BCUT2D eigenvalue weighted by Gasteiger charge is -2.38. The Morgan fingerprint density at radius 2 is 1.85 bits per heavy atom. The second-order valence-electron chi connectivity index (χ2n) is 12.2. The number of ether oxygens (including phenoxy) is 1. The molecule has 2 aromatic heterocycles. The maximum Gasteiger partial charge on any atom is 0.514 e.